The van der Waals surface area contributed by atoms with Crippen LogP contribution in [0.25, 0.3) is 0 Å². The largest absolute Gasteiger partial charge is 0.383 e. The Balaban J connectivity index is 2.52. The summed E-state index contributed by atoms with van der Waals surface area (Å²) in [5.74, 6) is 4.86. The first kappa shape index (κ1) is 9.52. The van der Waals surface area contributed by atoms with Crippen molar-refractivity contribution in [2.24, 2.45) is 5.90 Å². The summed E-state index contributed by atoms with van der Waals surface area (Å²) in [6.45, 7) is 1.07. The highest BCUT2D eigenvalue weighted by atomic mass is 16.6. The highest BCUT2D eigenvalue weighted by molar-refractivity contribution is 5.48. The van der Waals surface area contributed by atoms with Crippen LogP contribution in [0.3, 0.4) is 0 Å². The number of hydrogen-bond donors (Lipinski definition) is 2. The molecule has 0 amide bonds. The fourth-order valence-electron chi connectivity index (χ4n) is 0.953. The predicted molar refractivity (Wildman–Crippen MR) is 49.8 cm³/mol. The van der Waals surface area contributed by atoms with Gasteiger partial charge < -0.3 is 10.2 Å². The van der Waals surface area contributed by atoms with E-state index in [9.17, 15) is 0 Å². The van der Waals surface area contributed by atoms with Crippen molar-refractivity contribution in [2.75, 3.05) is 18.5 Å². The van der Waals surface area contributed by atoms with Crippen LogP contribution in [0.5, 0.6) is 0 Å². The van der Waals surface area contributed by atoms with Gasteiger partial charge in [-0.2, -0.15) is 5.26 Å². The SMILES string of the molecule is N#Cc1cccc(NCCON)c1. The van der Waals surface area contributed by atoms with Crippen molar-refractivity contribution in [3.05, 3.63) is 29.8 Å². The smallest absolute Gasteiger partial charge is 0.0992 e. The molecule has 0 aliphatic carbocycles. The molecule has 0 radical (unpaired) electrons. The molecule has 0 aliphatic rings. The van der Waals surface area contributed by atoms with E-state index in [-0.39, 0.29) is 0 Å². The van der Waals surface area contributed by atoms with E-state index in [0.717, 1.165) is 5.69 Å². The van der Waals surface area contributed by atoms with Crippen LogP contribution in [-0.4, -0.2) is 13.2 Å². The Hall–Kier alpha value is -1.57. The van der Waals surface area contributed by atoms with Crippen LogP contribution in [0.4, 0.5) is 5.69 Å². The third-order valence-corrected chi connectivity index (χ3v) is 1.54. The Kier molecular flexibility index (Phi) is 3.76. The van der Waals surface area contributed by atoms with Gasteiger partial charge in [0.15, 0.2) is 0 Å². The minimum absolute atomic E-state index is 0.441. The van der Waals surface area contributed by atoms with Gasteiger partial charge in [-0.15, -0.1) is 0 Å². The minimum Gasteiger partial charge on any atom is -0.383 e. The second-order valence-corrected chi connectivity index (χ2v) is 2.49. The average molecular weight is 177 g/mol. The van der Waals surface area contributed by atoms with Crippen LogP contribution < -0.4 is 11.2 Å². The number of hydrogen-bond acceptors (Lipinski definition) is 4. The first-order valence-electron chi connectivity index (χ1n) is 3.92. The first-order valence-corrected chi connectivity index (χ1v) is 3.92. The van der Waals surface area contributed by atoms with Crippen molar-refractivity contribution < 1.29 is 4.84 Å². The van der Waals surface area contributed by atoms with Crippen LogP contribution in [0.2, 0.25) is 0 Å². The summed E-state index contributed by atoms with van der Waals surface area (Å²) in [6.07, 6.45) is 0. The van der Waals surface area contributed by atoms with Gasteiger partial charge in [-0.1, -0.05) is 6.07 Å². The second kappa shape index (κ2) is 5.14. The van der Waals surface area contributed by atoms with Gasteiger partial charge in [-0.05, 0) is 18.2 Å². The van der Waals surface area contributed by atoms with Gasteiger partial charge in [-0.25, -0.2) is 5.90 Å². The van der Waals surface area contributed by atoms with Gasteiger partial charge in [0.25, 0.3) is 0 Å². The first-order chi connectivity index (χ1) is 6.36. The van der Waals surface area contributed by atoms with E-state index in [1.807, 2.05) is 12.1 Å². The van der Waals surface area contributed by atoms with E-state index >= 15 is 0 Å². The summed E-state index contributed by atoms with van der Waals surface area (Å²) >= 11 is 0. The molecule has 0 heterocycles. The van der Waals surface area contributed by atoms with Crippen LogP contribution in [-0.2, 0) is 4.84 Å². The monoisotopic (exact) mass is 177 g/mol. The van der Waals surface area contributed by atoms with Gasteiger partial charge in [0.1, 0.15) is 0 Å². The maximum atomic E-state index is 8.61. The van der Waals surface area contributed by atoms with Crippen LogP contribution in [0.15, 0.2) is 24.3 Å². The van der Waals surface area contributed by atoms with Crippen molar-refractivity contribution in [3.8, 4) is 6.07 Å². The fourth-order valence-corrected chi connectivity index (χ4v) is 0.953. The molecule has 4 heteroatoms. The highest BCUT2D eigenvalue weighted by Crippen LogP contribution is 2.08. The molecular weight excluding hydrogens is 166 g/mol. The highest BCUT2D eigenvalue weighted by Gasteiger charge is 1.93. The predicted octanol–water partition coefficient (Wildman–Crippen LogP) is 0.860. The van der Waals surface area contributed by atoms with E-state index in [1.165, 1.54) is 0 Å². The number of benzene rings is 1. The molecule has 1 aromatic carbocycles. The summed E-state index contributed by atoms with van der Waals surface area (Å²) in [6, 6.07) is 9.30. The molecule has 1 rings (SSSR count). The lowest BCUT2D eigenvalue weighted by Gasteiger charge is -2.04. The Morgan fingerprint density at radius 2 is 2.38 bits per heavy atom. The topological polar surface area (TPSA) is 71.1 Å². The standard InChI is InChI=1S/C9H11N3O/c10-7-8-2-1-3-9(6-8)12-4-5-13-11/h1-3,6,12H,4-5,11H2. The van der Waals surface area contributed by atoms with E-state index in [1.54, 1.807) is 12.1 Å². The van der Waals surface area contributed by atoms with E-state index in [4.69, 9.17) is 11.2 Å². The minimum atomic E-state index is 0.441. The molecule has 0 aromatic heterocycles. The zero-order valence-electron chi connectivity index (χ0n) is 7.16. The normalized spacial score (nSPS) is 9.23. The zero-order chi connectivity index (χ0) is 9.52. The van der Waals surface area contributed by atoms with Crippen LogP contribution in [0.1, 0.15) is 5.56 Å². The van der Waals surface area contributed by atoms with Gasteiger partial charge in [0, 0.05) is 12.2 Å². The average Bonchev–Trinajstić information content (AvgIpc) is 2.19. The molecule has 0 fully saturated rings. The lowest BCUT2D eigenvalue weighted by atomic mass is 10.2. The lowest BCUT2D eigenvalue weighted by Crippen LogP contribution is -2.12. The summed E-state index contributed by atoms with van der Waals surface area (Å²) in [5, 5.41) is 11.7. The Labute approximate surface area is 76.9 Å². The molecular formula is C9H11N3O. The van der Waals surface area contributed by atoms with Crippen molar-refractivity contribution >= 4 is 5.69 Å². The molecule has 0 aliphatic heterocycles. The third kappa shape index (κ3) is 3.11. The number of rotatable bonds is 4. The summed E-state index contributed by atoms with van der Waals surface area (Å²) in [7, 11) is 0. The molecule has 4 nitrogen and oxygen atoms in total. The van der Waals surface area contributed by atoms with Crippen LogP contribution >= 0.6 is 0 Å². The number of nitrogens with one attached hydrogen (secondary N) is 1. The molecule has 0 spiro atoms. The summed E-state index contributed by atoms with van der Waals surface area (Å²) in [4.78, 5) is 4.39. The van der Waals surface area contributed by atoms with Crippen molar-refractivity contribution in [3.63, 3.8) is 0 Å². The van der Waals surface area contributed by atoms with E-state index in [2.05, 4.69) is 16.2 Å². The van der Waals surface area contributed by atoms with Crippen molar-refractivity contribution in [1.29, 1.82) is 5.26 Å². The maximum Gasteiger partial charge on any atom is 0.0992 e. The third-order valence-electron chi connectivity index (χ3n) is 1.54. The summed E-state index contributed by atoms with van der Waals surface area (Å²) < 4.78 is 0. The van der Waals surface area contributed by atoms with E-state index < -0.39 is 0 Å². The number of nitrogens with zero attached hydrogens (tertiary/aromatic N) is 1. The number of nitrogens with two attached hydrogens (primary N) is 1. The molecule has 68 valence electrons. The van der Waals surface area contributed by atoms with Gasteiger partial charge in [0.05, 0.1) is 18.2 Å². The van der Waals surface area contributed by atoms with Crippen molar-refractivity contribution in [2.45, 2.75) is 0 Å². The molecule has 0 atom stereocenters. The molecule has 0 bridgehead atoms. The number of anilines is 1. The Bertz CT molecular complexity index is 306. The molecule has 0 saturated carbocycles. The molecule has 3 N–H and O–H groups in total. The van der Waals surface area contributed by atoms with Crippen molar-refractivity contribution in [1.82, 2.24) is 0 Å². The molecule has 13 heavy (non-hydrogen) atoms. The van der Waals surface area contributed by atoms with E-state index in [0.29, 0.717) is 18.7 Å². The molecule has 0 unspecified atom stereocenters. The Morgan fingerprint density at radius 1 is 1.54 bits per heavy atom. The second-order valence-electron chi connectivity index (χ2n) is 2.49. The quantitative estimate of drug-likeness (QED) is 0.528. The zero-order valence-corrected chi connectivity index (χ0v) is 7.16. The van der Waals surface area contributed by atoms with Gasteiger partial charge >= 0.3 is 0 Å². The molecule has 0 saturated heterocycles. The fraction of sp³-hybridized carbons (Fsp3) is 0.222. The molecule has 1 aromatic rings. The summed E-state index contributed by atoms with van der Waals surface area (Å²) in [5.41, 5.74) is 1.54. The van der Waals surface area contributed by atoms with Gasteiger partial charge in [-0.3, -0.25) is 0 Å². The lowest BCUT2D eigenvalue weighted by molar-refractivity contribution is 0.148. The maximum absolute atomic E-state index is 8.61. The Morgan fingerprint density at radius 3 is 3.08 bits per heavy atom. The van der Waals surface area contributed by atoms with Gasteiger partial charge in [0.2, 0.25) is 0 Å². The van der Waals surface area contributed by atoms with Crippen LogP contribution in [0, 0.1) is 11.3 Å². The number of nitriles is 1.